The van der Waals surface area contributed by atoms with Gasteiger partial charge in [-0.05, 0) is 36.5 Å². The summed E-state index contributed by atoms with van der Waals surface area (Å²) in [5.41, 5.74) is 4.14. The number of imidazole rings is 1. The van der Waals surface area contributed by atoms with Crippen molar-refractivity contribution in [3.8, 4) is 17.3 Å². The molecule has 1 N–H and O–H groups in total. The van der Waals surface area contributed by atoms with Crippen LogP contribution in [0.3, 0.4) is 0 Å². The third kappa shape index (κ3) is 5.23. The van der Waals surface area contributed by atoms with E-state index in [0.29, 0.717) is 40.8 Å². The number of benzene rings is 1. The van der Waals surface area contributed by atoms with Crippen molar-refractivity contribution in [1.29, 1.82) is 0 Å². The minimum absolute atomic E-state index is 0.152. The van der Waals surface area contributed by atoms with Crippen LogP contribution < -0.4 is 9.64 Å². The molecule has 35 heavy (non-hydrogen) atoms. The molecular weight excluding hydrogens is 466 g/mol. The molecule has 9 heteroatoms. The van der Waals surface area contributed by atoms with Crippen LogP contribution >= 0.6 is 11.6 Å². The van der Waals surface area contributed by atoms with Crippen molar-refractivity contribution >= 4 is 34.4 Å². The second kappa shape index (κ2) is 10.4. The van der Waals surface area contributed by atoms with E-state index in [1.54, 1.807) is 6.92 Å². The number of carbonyl (C=O) groups is 1. The molecule has 0 unspecified atom stereocenters. The summed E-state index contributed by atoms with van der Waals surface area (Å²) in [7, 11) is 0. The Morgan fingerprint density at radius 2 is 1.91 bits per heavy atom. The van der Waals surface area contributed by atoms with Crippen LogP contribution in [-0.2, 0) is 9.53 Å². The zero-order valence-electron chi connectivity index (χ0n) is 20.3. The Labute approximate surface area is 210 Å². The zero-order chi connectivity index (χ0) is 24.4. The quantitative estimate of drug-likeness (QED) is 0.521. The average Bonchev–Trinajstić information content (AvgIpc) is 3.47. The monoisotopic (exact) mass is 497 g/mol. The SMILES string of the molecule is CC[C@@H]1CN(C(C)=O)C[C@@H]1CCOc1nc2nc(-c3ccc(N4CCOCC4)cc3)c(Cl)cc2[nH]1. The van der Waals surface area contributed by atoms with Gasteiger partial charge < -0.3 is 24.3 Å². The average molecular weight is 498 g/mol. The molecule has 2 fully saturated rings. The number of pyridine rings is 1. The van der Waals surface area contributed by atoms with Gasteiger partial charge in [-0.15, -0.1) is 0 Å². The highest BCUT2D eigenvalue weighted by Gasteiger charge is 2.32. The molecule has 186 valence electrons. The topological polar surface area (TPSA) is 83.6 Å². The van der Waals surface area contributed by atoms with Gasteiger partial charge in [-0.25, -0.2) is 4.98 Å². The van der Waals surface area contributed by atoms with Crippen LogP contribution in [0.25, 0.3) is 22.4 Å². The van der Waals surface area contributed by atoms with Crippen LogP contribution in [0, 0.1) is 11.8 Å². The number of nitrogens with one attached hydrogen (secondary N) is 1. The van der Waals surface area contributed by atoms with E-state index in [0.717, 1.165) is 63.3 Å². The van der Waals surface area contributed by atoms with Crippen molar-refractivity contribution in [2.24, 2.45) is 11.8 Å². The van der Waals surface area contributed by atoms with Crippen LogP contribution in [-0.4, -0.2) is 71.8 Å². The predicted molar refractivity (Wildman–Crippen MR) is 137 cm³/mol. The Morgan fingerprint density at radius 1 is 1.17 bits per heavy atom. The minimum atomic E-state index is 0.152. The molecule has 4 heterocycles. The summed E-state index contributed by atoms with van der Waals surface area (Å²) >= 11 is 6.59. The van der Waals surface area contributed by atoms with Crippen molar-refractivity contribution in [2.45, 2.75) is 26.7 Å². The highest BCUT2D eigenvalue weighted by Crippen LogP contribution is 2.32. The van der Waals surface area contributed by atoms with Gasteiger partial charge in [0.1, 0.15) is 0 Å². The number of nitrogens with zero attached hydrogens (tertiary/aromatic N) is 4. The molecular formula is C26H32ClN5O3. The fraction of sp³-hybridized carbons (Fsp3) is 0.500. The normalized spacial score (nSPS) is 20.5. The first-order valence-corrected chi connectivity index (χ1v) is 12.8. The molecule has 2 aliphatic heterocycles. The van der Waals surface area contributed by atoms with E-state index < -0.39 is 0 Å². The van der Waals surface area contributed by atoms with Crippen molar-refractivity contribution in [2.75, 3.05) is 50.9 Å². The van der Waals surface area contributed by atoms with Crippen LogP contribution in [0.15, 0.2) is 30.3 Å². The zero-order valence-corrected chi connectivity index (χ0v) is 21.1. The molecule has 2 atom stereocenters. The summed E-state index contributed by atoms with van der Waals surface area (Å²) < 4.78 is 11.4. The van der Waals surface area contributed by atoms with E-state index in [2.05, 4.69) is 33.9 Å². The summed E-state index contributed by atoms with van der Waals surface area (Å²) in [5.74, 6) is 1.13. The largest absolute Gasteiger partial charge is 0.465 e. The first-order chi connectivity index (χ1) is 17.0. The van der Waals surface area contributed by atoms with Gasteiger partial charge in [0.05, 0.1) is 36.1 Å². The van der Waals surface area contributed by atoms with E-state index in [9.17, 15) is 4.79 Å². The second-order valence-corrected chi connectivity index (χ2v) is 9.77. The lowest BCUT2D eigenvalue weighted by atomic mass is 9.91. The Hall–Kier alpha value is -2.84. The number of likely N-dealkylation sites (tertiary alicyclic amines) is 1. The Morgan fingerprint density at radius 3 is 2.63 bits per heavy atom. The van der Waals surface area contributed by atoms with Gasteiger partial charge in [0, 0.05) is 44.4 Å². The van der Waals surface area contributed by atoms with E-state index in [1.165, 1.54) is 5.69 Å². The second-order valence-electron chi connectivity index (χ2n) is 9.37. The predicted octanol–water partition coefficient (Wildman–Crippen LogP) is 4.39. The van der Waals surface area contributed by atoms with Gasteiger partial charge in [0.2, 0.25) is 5.91 Å². The summed E-state index contributed by atoms with van der Waals surface area (Å²) in [6.07, 6.45) is 1.95. The molecule has 0 radical (unpaired) electrons. The third-order valence-electron chi connectivity index (χ3n) is 7.20. The molecule has 1 amide bonds. The molecule has 5 rings (SSSR count). The standard InChI is InChI=1S/C26H32ClN5O3/c1-3-18-15-32(17(2)33)16-20(18)8-11-35-26-28-23-14-22(27)24(29-25(23)30-26)19-4-6-21(7-5-19)31-9-12-34-13-10-31/h4-7,14,18,20H,3,8-13,15-16H2,1-2H3,(H,28,29,30)/t18-,20+/m1/s1. The van der Waals surface area contributed by atoms with Gasteiger partial charge in [-0.1, -0.05) is 37.1 Å². The van der Waals surface area contributed by atoms with Crippen molar-refractivity contribution in [1.82, 2.24) is 19.9 Å². The summed E-state index contributed by atoms with van der Waals surface area (Å²) in [5, 5.41) is 0.563. The Bertz CT molecular complexity index is 1180. The van der Waals surface area contributed by atoms with Gasteiger partial charge in [0.25, 0.3) is 6.01 Å². The van der Waals surface area contributed by atoms with Gasteiger partial charge >= 0.3 is 0 Å². The summed E-state index contributed by atoms with van der Waals surface area (Å²) in [4.78, 5) is 28.5. The lowest BCUT2D eigenvalue weighted by Crippen LogP contribution is -2.36. The number of hydrogen-bond donors (Lipinski definition) is 1. The number of aromatic nitrogens is 3. The molecule has 0 aliphatic carbocycles. The molecule has 3 aromatic rings. The van der Waals surface area contributed by atoms with E-state index >= 15 is 0 Å². The number of rotatable bonds is 7. The molecule has 0 bridgehead atoms. The number of ether oxygens (including phenoxy) is 2. The molecule has 2 aliphatic rings. The number of amides is 1. The number of aromatic amines is 1. The summed E-state index contributed by atoms with van der Waals surface area (Å²) in [6.45, 7) is 9.33. The first-order valence-electron chi connectivity index (χ1n) is 12.4. The maximum Gasteiger partial charge on any atom is 0.296 e. The van der Waals surface area contributed by atoms with Crippen molar-refractivity contribution < 1.29 is 14.3 Å². The molecule has 2 saturated heterocycles. The molecule has 1 aromatic carbocycles. The van der Waals surface area contributed by atoms with E-state index in [-0.39, 0.29) is 5.91 Å². The smallest absolute Gasteiger partial charge is 0.296 e. The highest BCUT2D eigenvalue weighted by atomic mass is 35.5. The highest BCUT2D eigenvalue weighted by molar-refractivity contribution is 6.33. The lowest BCUT2D eigenvalue weighted by Gasteiger charge is -2.28. The van der Waals surface area contributed by atoms with E-state index in [1.807, 2.05) is 23.1 Å². The fourth-order valence-corrected chi connectivity index (χ4v) is 5.37. The fourth-order valence-electron chi connectivity index (χ4n) is 5.11. The van der Waals surface area contributed by atoms with Crippen molar-refractivity contribution in [3.05, 3.63) is 35.4 Å². The third-order valence-corrected chi connectivity index (χ3v) is 7.48. The van der Waals surface area contributed by atoms with Gasteiger partial charge in [0.15, 0.2) is 5.65 Å². The van der Waals surface area contributed by atoms with Crippen LogP contribution in [0.4, 0.5) is 5.69 Å². The maximum atomic E-state index is 11.7. The van der Waals surface area contributed by atoms with Crippen LogP contribution in [0.2, 0.25) is 5.02 Å². The number of carbonyl (C=O) groups excluding carboxylic acids is 1. The minimum Gasteiger partial charge on any atom is -0.465 e. The molecule has 0 saturated carbocycles. The number of anilines is 1. The number of fused-ring (bicyclic) bond motifs is 1. The van der Waals surface area contributed by atoms with Crippen LogP contribution in [0.1, 0.15) is 26.7 Å². The van der Waals surface area contributed by atoms with Gasteiger partial charge in [-0.3, -0.25) is 4.79 Å². The Kier molecular flexibility index (Phi) is 7.11. The number of H-pyrrole nitrogens is 1. The molecule has 0 spiro atoms. The van der Waals surface area contributed by atoms with Crippen molar-refractivity contribution in [3.63, 3.8) is 0 Å². The summed E-state index contributed by atoms with van der Waals surface area (Å²) in [6, 6.07) is 10.6. The number of hydrogen-bond acceptors (Lipinski definition) is 6. The lowest BCUT2D eigenvalue weighted by molar-refractivity contribution is -0.128. The van der Waals surface area contributed by atoms with Gasteiger partial charge in [-0.2, -0.15) is 4.98 Å². The first kappa shape index (κ1) is 23.9. The van der Waals surface area contributed by atoms with Crippen LogP contribution in [0.5, 0.6) is 6.01 Å². The molecule has 2 aromatic heterocycles. The molecule has 8 nitrogen and oxygen atoms in total. The van der Waals surface area contributed by atoms with E-state index in [4.69, 9.17) is 26.1 Å². The number of morpholine rings is 1. The Balaban J connectivity index is 1.25. The maximum absolute atomic E-state index is 11.7. The number of halogens is 1.